The second-order valence-corrected chi connectivity index (χ2v) is 6.04. The van der Waals surface area contributed by atoms with Crippen LogP contribution in [0.1, 0.15) is 18.1 Å². The van der Waals surface area contributed by atoms with E-state index in [1.165, 1.54) is 0 Å². The summed E-state index contributed by atoms with van der Waals surface area (Å²) in [5.41, 5.74) is 3.37. The fourth-order valence-electron chi connectivity index (χ4n) is 2.72. The lowest BCUT2D eigenvalue weighted by atomic mass is 10.1. The van der Waals surface area contributed by atoms with Gasteiger partial charge in [-0.15, -0.1) is 0 Å². The van der Waals surface area contributed by atoms with Crippen LogP contribution >= 0.6 is 0 Å². The number of carbonyl (C=O) groups is 1. The van der Waals surface area contributed by atoms with Crippen molar-refractivity contribution in [1.29, 1.82) is 0 Å². The number of amides is 2. The Morgan fingerprint density at radius 2 is 1.77 bits per heavy atom. The van der Waals surface area contributed by atoms with Crippen LogP contribution in [-0.4, -0.2) is 12.6 Å². The maximum atomic E-state index is 12.4. The lowest BCUT2D eigenvalue weighted by Gasteiger charge is -2.14. The van der Waals surface area contributed by atoms with Gasteiger partial charge in [-0.1, -0.05) is 18.2 Å². The molecule has 0 saturated heterocycles. The van der Waals surface area contributed by atoms with Crippen LogP contribution in [0.15, 0.2) is 51.7 Å². The summed E-state index contributed by atoms with van der Waals surface area (Å²) in [4.78, 5) is 24.8. The lowest BCUT2D eigenvalue weighted by molar-refractivity contribution is 0.262. The molecule has 3 rings (SSSR count). The van der Waals surface area contributed by atoms with Gasteiger partial charge in [-0.2, -0.15) is 0 Å². The summed E-state index contributed by atoms with van der Waals surface area (Å²) in [6.45, 7) is 6.49. The highest BCUT2D eigenvalue weighted by molar-refractivity contribution is 6.05. The van der Waals surface area contributed by atoms with Crippen LogP contribution < -0.4 is 21.6 Å². The van der Waals surface area contributed by atoms with Crippen LogP contribution in [0, 0.1) is 13.8 Å². The fourth-order valence-corrected chi connectivity index (χ4v) is 2.72. The third kappa shape index (κ3) is 3.54. The fraction of sp³-hybridized carbons (Fsp3) is 0.200. The number of hydrogen-bond donors (Lipinski definition) is 3. The molecule has 3 N–H and O–H groups in total. The molecule has 2 amide bonds. The van der Waals surface area contributed by atoms with E-state index in [-0.39, 0.29) is 5.69 Å². The smallest absolute Gasteiger partial charge is 0.362 e. The van der Waals surface area contributed by atoms with Crippen molar-refractivity contribution in [2.45, 2.75) is 20.8 Å². The van der Waals surface area contributed by atoms with Gasteiger partial charge in [0.2, 0.25) is 0 Å². The number of aryl methyl sites for hydroxylation is 2. The third-order valence-electron chi connectivity index (χ3n) is 4.17. The van der Waals surface area contributed by atoms with Gasteiger partial charge in [-0.3, -0.25) is 5.32 Å². The second-order valence-electron chi connectivity index (χ2n) is 6.04. The standard InChI is InChI=1S/C20H21N3O3/c1-4-21-17-15-7-5-6-8-16(15)26-19(24)18(17)23-20(25)22-14-10-9-12(2)13(3)11-14/h5-11,21H,4H2,1-3H3,(H2,22,23,25). The van der Waals surface area contributed by atoms with Gasteiger partial charge < -0.3 is 15.1 Å². The van der Waals surface area contributed by atoms with Gasteiger partial charge in [0.1, 0.15) is 5.58 Å². The normalized spacial score (nSPS) is 10.6. The molecule has 0 fully saturated rings. The van der Waals surface area contributed by atoms with Crippen molar-refractivity contribution in [2.75, 3.05) is 22.5 Å². The average molecular weight is 351 g/mol. The molecule has 0 bridgehead atoms. The molecule has 0 unspecified atom stereocenters. The predicted molar refractivity (Wildman–Crippen MR) is 105 cm³/mol. The Hall–Kier alpha value is -3.28. The molecular weight excluding hydrogens is 330 g/mol. The SMILES string of the molecule is CCNc1c(NC(=O)Nc2ccc(C)c(C)c2)c(=O)oc2ccccc12. The lowest BCUT2D eigenvalue weighted by Crippen LogP contribution is -2.24. The summed E-state index contributed by atoms with van der Waals surface area (Å²) in [6.07, 6.45) is 0. The predicted octanol–water partition coefficient (Wildman–Crippen LogP) is 4.49. The summed E-state index contributed by atoms with van der Waals surface area (Å²) in [6, 6.07) is 12.3. The molecule has 6 heteroatoms. The van der Waals surface area contributed by atoms with Gasteiger partial charge in [0, 0.05) is 17.6 Å². The Morgan fingerprint density at radius 1 is 1.00 bits per heavy atom. The maximum absolute atomic E-state index is 12.4. The highest BCUT2D eigenvalue weighted by Crippen LogP contribution is 2.28. The summed E-state index contributed by atoms with van der Waals surface area (Å²) in [7, 11) is 0. The molecule has 0 aliphatic carbocycles. The Labute approximate surface area is 151 Å². The van der Waals surface area contributed by atoms with Crippen molar-refractivity contribution in [1.82, 2.24) is 0 Å². The monoisotopic (exact) mass is 351 g/mol. The van der Waals surface area contributed by atoms with Crippen LogP contribution in [0.5, 0.6) is 0 Å². The maximum Gasteiger partial charge on any atom is 0.362 e. The number of anilines is 3. The van der Waals surface area contributed by atoms with Gasteiger partial charge in [0.25, 0.3) is 0 Å². The summed E-state index contributed by atoms with van der Waals surface area (Å²) < 4.78 is 5.33. The van der Waals surface area contributed by atoms with Crippen LogP contribution in [0.2, 0.25) is 0 Å². The van der Waals surface area contributed by atoms with E-state index in [4.69, 9.17) is 4.42 Å². The molecule has 26 heavy (non-hydrogen) atoms. The van der Waals surface area contributed by atoms with Crippen LogP contribution in [0.4, 0.5) is 21.9 Å². The van der Waals surface area contributed by atoms with E-state index in [1.807, 2.05) is 51.1 Å². The Kier molecular flexibility index (Phi) is 4.93. The Bertz CT molecular complexity index is 1020. The number of fused-ring (bicyclic) bond motifs is 1. The summed E-state index contributed by atoms with van der Waals surface area (Å²) >= 11 is 0. The first kappa shape index (κ1) is 17.5. The first-order valence-corrected chi connectivity index (χ1v) is 8.44. The molecule has 134 valence electrons. The number of para-hydroxylation sites is 1. The van der Waals surface area contributed by atoms with E-state index in [9.17, 15) is 9.59 Å². The molecule has 0 spiro atoms. The average Bonchev–Trinajstić information content (AvgIpc) is 2.61. The summed E-state index contributed by atoms with van der Waals surface area (Å²) in [5, 5.41) is 9.24. The molecule has 0 atom stereocenters. The van der Waals surface area contributed by atoms with Crippen molar-refractivity contribution in [3.63, 3.8) is 0 Å². The molecule has 1 heterocycles. The molecule has 3 aromatic rings. The van der Waals surface area contributed by atoms with Gasteiger partial charge in [0.15, 0.2) is 5.69 Å². The Morgan fingerprint density at radius 3 is 2.50 bits per heavy atom. The minimum absolute atomic E-state index is 0.0897. The first-order chi connectivity index (χ1) is 12.5. The molecule has 6 nitrogen and oxygen atoms in total. The van der Waals surface area contributed by atoms with E-state index in [0.717, 1.165) is 16.5 Å². The van der Waals surface area contributed by atoms with E-state index in [2.05, 4.69) is 16.0 Å². The molecule has 0 aliphatic rings. The van der Waals surface area contributed by atoms with Crippen molar-refractivity contribution < 1.29 is 9.21 Å². The van der Waals surface area contributed by atoms with Gasteiger partial charge >= 0.3 is 11.7 Å². The molecule has 2 aromatic carbocycles. The van der Waals surface area contributed by atoms with Crippen molar-refractivity contribution >= 4 is 34.1 Å². The van der Waals surface area contributed by atoms with E-state index in [1.54, 1.807) is 12.1 Å². The molecule has 0 aliphatic heterocycles. The van der Waals surface area contributed by atoms with Crippen LogP contribution in [-0.2, 0) is 0 Å². The van der Waals surface area contributed by atoms with E-state index >= 15 is 0 Å². The zero-order valence-electron chi connectivity index (χ0n) is 15.0. The number of benzene rings is 2. The minimum atomic E-state index is -0.602. The summed E-state index contributed by atoms with van der Waals surface area (Å²) in [5.74, 6) is 0. The van der Waals surface area contributed by atoms with E-state index in [0.29, 0.717) is 23.5 Å². The number of rotatable bonds is 4. The number of carbonyl (C=O) groups excluding carboxylic acids is 1. The third-order valence-corrected chi connectivity index (χ3v) is 4.17. The van der Waals surface area contributed by atoms with Crippen LogP contribution in [0.3, 0.4) is 0 Å². The van der Waals surface area contributed by atoms with Gasteiger partial charge in [-0.25, -0.2) is 9.59 Å². The van der Waals surface area contributed by atoms with Gasteiger partial charge in [0.05, 0.1) is 5.69 Å². The largest absolute Gasteiger partial charge is 0.421 e. The molecule has 0 radical (unpaired) electrons. The molecule has 0 saturated carbocycles. The van der Waals surface area contributed by atoms with E-state index < -0.39 is 11.7 Å². The molecule has 1 aromatic heterocycles. The zero-order chi connectivity index (χ0) is 18.7. The van der Waals surface area contributed by atoms with Crippen molar-refractivity contribution in [3.05, 3.63) is 64.0 Å². The number of urea groups is 1. The van der Waals surface area contributed by atoms with Crippen molar-refractivity contribution in [3.8, 4) is 0 Å². The highest BCUT2D eigenvalue weighted by Gasteiger charge is 2.16. The van der Waals surface area contributed by atoms with Gasteiger partial charge in [-0.05, 0) is 56.2 Å². The van der Waals surface area contributed by atoms with Crippen molar-refractivity contribution in [2.24, 2.45) is 0 Å². The minimum Gasteiger partial charge on any atom is -0.421 e. The first-order valence-electron chi connectivity index (χ1n) is 8.44. The Balaban J connectivity index is 1.93. The highest BCUT2D eigenvalue weighted by atomic mass is 16.4. The number of hydrogen-bond acceptors (Lipinski definition) is 4. The molecular formula is C20H21N3O3. The topological polar surface area (TPSA) is 83.4 Å². The zero-order valence-corrected chi connectivity index (χ0v) is 15.0. The van der Waals surface area contributed by atoms with Crippen LogP contribution in [0.25, 0.3) is 11.0 Å². The number of nitrogens with one attached hydrogen (secondary N) is 3. The quantitative estimate of drug-likeness (QED) is 0.605. The second kappa shape index (κ2) is 7.31.